The van der Waals surface area contributed by atoms with Gasteiger partial charge in [-0.2, -0.15) is 5.10 Å². The molecular weight excluding hydrogens is 470 g/mol. The maximum absolute atomic E-state index is 13.0. The molecule has 1 aliphatic rings. The number of hydrogen-bond donors (Lipinski definition) is 1. The minimum atomic E-state index is -3.74. The van der Waals surface area contributed by atoms with Crippen LogP contribution in [0.1, 0.15) is 46.6 Å². The van der Waals surface area contributed by atoms with Gasteiger partial charge in [-0.25, -0.2) is 22.9 Å². The van der Waals surface area contributed by atoms with Gasteiger partial charge in [0.15, 0.2) is 6.61 Å². The number of ether oxygens (including phenoxy) is 1. The second-order valence-corrected chi connectivity index (χ2v) is 9.76. The average molecular weight is 496 g/mol. The van der Waals surface area contributed by atoms with Crippen LogP contribution in [-0.2, 0) is 19.6 Å². The molecule has 0 radical (unpaired) electrons. The molecule has 0 bridgehead atoms. The third-order valence-corrected chi connectivity index (χ3v) is 7.01. The van der Waals surface area contributed by atoms with Crippen LogP contribution in [-0.4, -0.2) is 44.2 Å². The molecule has 9 nitrogen and oxygen atoms in total. The van der Waals surface area contributed by atoms with E-state index in [4.69, 9.17) is 9.15 Å². The predicted octanol–water partition coefficient (Wildman–Crippen LogP) is 3.42. The summed E-state index contributed by atoms with van der Waals surface area (Å²) in [6.07, 6.45) is 1.97. The third kappa shape index (κ3) is 5.50. The van der Waals surface area contributed by atoms with Crippen LogP contribution in [0.3, 0.4) is 0 Å². The minimum absolute atomic E-state index is 0.0182. The van der Waals surface area contributed by atoms with Gasteiger partial charge in [0.05, 0.1) is 22.4 Å². The Hall–Kier alpha value is -3.76. The smallest absolute Gasteiger partial charge is 0.338 e. The molecule has 182 valence electrons. The first-order valence-electron chi connectivity index (χ1n) is 11.1. The molecule has 0 spiro atoms. The van der Waals surface area contributed by atoms with Gasteiger partial charge >= 0.3 is 5.97 Å². The second kappa shape index (κ2) is 10.2. The number of nitrogens with one attached hydrogen (secondary N) is 1. The molecule has 0 fully saturated rings. The summed E-state index contributed by atoms with van der Waals surface area (Å²) < 4.78 is 37.5. The lowest BCUT2D eigenvalue weighted by Crippen LogP contribution is -2.31. The molecule has 4 rings (SSSR count). The van der Waals surface area contributed by atoms with Crippen molar-refractivity contribution in [3.8, 4) is 0 Å². The number of amides is 1. The zero-order chi connectivity index (χ0) is 25.0. The summed E-state index contributed by atoms with van der Waals surface area (Å²) >= 11 is 0. The molecule has 1 amide bonds. The average Bonchev–Trinajstić information content (AvgIpc) is 3.53. The molecule has 1 aromatic heterocycles. The van der Waals surface area contributed by atoms with Gasteiger partial charge in [-0.3, -0.25) is 4.79 Å². The van der Waals surface area contributed by atoms with Crippen LogP contribution in [0.2, 0.25) is 0 Å². The van der Waals surface area contributed by atoms with Gasteiger partial charge in [-0.05, 0) is 42.8 Å². The van der Waals surface area contributed by atoms with E-state index in [0.29, 0.717) is 17.9 Å². The fourth-order valence-electron chi connectivity index (χ4n) is 3.70. The molecule has 10 heteroatoms. The summed E-state index contributed by atoms with van der Waals surface area (Å²) in [5.41, 5.74) is 2.73. The molecule has 1 N–H and O–H groups in total. The summed E-state index contributed by atoms with van der Waals surface area (Å²) in [4.78, 5) is 25.5. The van der Waals surface area contributed by atoms with E-state index in [1.165, 1.54) is 35.5 Å². The van der Waals surface area contributed by atoms with E-state index in [9.17, 15) is 18.0 Å². The SMILES string of the molecule is CCNS(=O)(=O)c1cccc(C(=O)OCC(=O)N2N=C(c3ccc(C)cc3)CC2c2ccco2)c1. The summed E-state index contributed by atoms with van der Waals surface area (Å²) in [7, 11) is -3.74. The van der Waals surface area contributed by atoms with Crippen molar-refractivity contribution in [1.29, 1.82) is 0 Å². The maximum atomic E-state index is 13.0. The quantitative estimate of drug-likeness (QED) is 0.479. The Morgan fingerprint density at radius 2 is 1.91 bits per heavy atom. The molecule has 0 saturated carbocycles. The summed E-state index contributed by atoms with van der Waals surface area (Å²) in [5.74, 6) is -0.779. The largest absolute Gasteiger partial charge is 0.467 e. The standard InChI is InChI=1S/C25H25N3O6S/c1-3-26-35(31,32)20-7-4-6-19(14-20)25(30)34-16-24(29)28-22(23-8-5-13-33-23)15-21(27-28)18-11-9-17(2)10-12-18/h4-14,22,26H,3,15-16H2,1-2H3. The number of carbonyl (C=O) groups excluding carboxylic acids is 2. The number of carbonyl (C=O) groups is 2. The third-order valence-electron chi connectivity index (χ3n) is 5.46. The zero-order valence-electron chi connectivity index (χ0n) is 19.3. The Kier molecular flexibility index (Phi) is 7.13. The van der Waals surface area contributed by atoms with E-state index in [0.717, 1.165) is 11.1 Å². The molecule has 0 aliphatic carbocycles. The van der Waals surface area contributed by atoms with Crippen LogP contribution >= 0.6 is 0 Å². The van der Waals surface area contributed by atoms with E-state index < -0.39 is 34.5 Å². The van der Waals surface area contributed by atoms with Crippen molar-refractivity contribution in [3.63, 3.8) is 0 Å². The normalized spacial score (nSPS) is 15.7. The van der Waals surface area contributed by atoms with Gasteiger partial charge in [0, 0.05) is 13.0 Å². The first-order valence-corrected chi connectivity index (χ1v) is 12.5. The highest BCUT2D eigenvalue weighted by molar-refractivity contribution is 7.89. The lowest BCUT2D eigenvalue weighted by molar-refractivity contribution is -0.136. The van der Waals surface area contributed by atoms with Crippen molar-refractivity contribution in [1.82, 2.24) is 9.73 Å². The van der Waals surface area contributed by atoms with Crippen molar-refractivity contribution >= 4 is 27.6 Å². The van der Waals surface area contributed by atoms with E-state index in [2.05, 4.69) is 9.82 Å². The first kappa shape index (κ1) is 24.4. The first-order chi connectivity index (χ1) is 16.8. The highest BCUT2D eigenvalue weighted by Gasteiger charge is 2.35. The number of aryl methyl sites for hydroxylation is 1. The maximum Gasteiger partial charge on any atom is 0.338 e. The second-order valence-electron chi connectivity index (χ2n) is 7.99. The van der Waals surface area contributed by atoms with Crippen molar-refractivity contribution in [3.05, 3.63) is 89.4 Å². The van der Waals surface area contributed by atoms with Crippen LogP contribution in [0.25, 0.3) is 0 Å². The molecule has 1 aliphatic heterocycles. The van der Waals surface area contributed by atoms with Gasteiger partial charge in [-0.15, -0.1) is 0 Å². The Morgan fingerprint density at radius 3 is 2.60 bits per heavy atom. The molecule has 0 saturated heterocycles. The predicted molar refractivity (Wildman–Crippen MR) is 128 cm³/mol. The summed E-state index contributed by atoms with van der Waals surface area (Å²) in [6.45, 7) is 3.29. The highest BCUT2D eigenvalue weighted by atomic mass is 32.2. The van der Waals surface area contributed by atoms with Gasteiger partial charge in [0.2, 0.25) is 10.0 Å². The molecule has 35 heavy (non-hydrogen) atoms. The fraction of sp³-hybridized carbons (Fsp3) is 0.240. The van der Waals surface area contributed by atoms with E-state index in [1.54, 1.807) is 19.1 Å². The molecule has 1 atom stereocenters. The van der Waals surface area contributed by atoms with Crippen molar-refractivity contribution in [2.24, 2.45) is 5.10 Å². The van der Waals surface area contributed by atoms with Crippen molar-refractivity contribution in [2.75, 3.05) is 13.2 Å². The Labute approximate surface area is 203 Å². The van der Waals surface area contributed by atoms with Gasteiger partial charge < -0.3 is 9.15 Å². The van der Waals surface area contributed by atoms with Gasteiger partial charge in [0.25, 0.3) is 5.91 Å². The molecular formula is C25H25N3O6S. The van der Waals surface area contributed by atoms with E-state index in [1.807, 2.05) is 31.2 Å². The zero-order valence-corrected chi connectivity index (χ0v) is 20.1. The number of hydrazone groups is 1. The number of benzene rings is 2. The Morgan fingerprint density at radius 1 is 1.14 bits per heavy atom. The lowest BCUT2D eigenvalue weighted by Gasteiger charge is -2.19. The van der Waals surface area contributed by atoms with E-state index >= 15 is 0 Å². The number of rotatable bonds is 8. The van der Waals surface area contributed by atoms with Crippen LogP contribution in [0.5, 0.6) is 0 Å². The Balaban J connectivity index is 1.49. The Bertz CT molecular complexity index is 1350. The molecule has 3 aromatic rings. The fourth-order valence-corrected chi connectivity index (χ4v) is 4.79. The van der Waals surface area contributed by atoms with Crippen LogP contribution in [0.4, 0.5) is 0 Å². The minimum Gasteiger partial charge on any atom is -0.467 e. The number of furan rings is 1. The number of esters is 1. The number of hydrogen-bond acceptors (Lipinski definition) is 7. The van der Waals surface area contributed by atoms with Crippen LogP contribution in [0, 0.1) is 6.92 Å². The van der Waals surface area contributed by atoms with Gasteiger partial charge in [0.1, 0.15) is 11.8 Å². The highest BCUT2D eigenvalue weighted by Crippen LogP contribution is 2.33. The lowest BCUT2D eigenvalue weighted by atomic mass is 10.0. The molecule has 1 unspecified atom stereocenters. The van der Waals surface area contributed by atoms with E-state index in [-0.39, 0.29) is 17.0 Å². The van der Waals surface area contributed by atoms with Crippen LogP contribution in [0.15, 0.2) is 81.3 Å². The van der Waals surface area contributed by atoms with Crippen molar-refractivity contribution < 1.29 is 27.2 Å². The topological polar surface area (TPSA) is 118 Å². The molecule has 2 aromatic carbocycles. The monoisotopic (exact) mass is 495 g/mol. The van der Waals surface area contributed by atoms with Crippen molar-refractivity contribution in [2.45, 2.75) is 31.2 Å². The number of sulfonamides is 1. The van der Waals surface area contributed by atoms with Crippen LogP contribution < -0.4 is 4.72 Å². The summed E-state index contributed by atoms with van der Waals surface area (Å²) in [5, 5.41) is 5.78. The summed E-state index contributed by atoms with van der Waals surface area (Å²) in [6, 6.07) is 16.3. The molecule has 2 heterocycles. The number of nitrogens with zero attached hydrogens (tertiary/aromatic N) is 2. The van der Waals surface area contributed by atoms with Gasteiger partial charge in [-0.1, -0.05) is 42.8 Å².